The van der Waals surface area contributed by atoms with Gasteiger partial charge in [-0.25, -0.2) is 0 Å². The van der Waals surface area contributed by atoms with E-state index < -0.39 is 0 Å². The summed E-state index contributed by atoms with van der Waals surface area (Å²) < 4.78 is 0. The van der Waals surface area contributed by atoms with Crippen LogP contribution in [0.25, 0.3) is 0 Å². The van der Waals surface area contributed by atoms with Crippen molar-refractivity contribution in [1.29, 1.82) is 0 Å². The van der Waals surface area contributed by atoms with Gasteiger partial charge >= 0.3 is 0 Å². The molecule has 132 valence electrons. The highest BCUT2D eigenvalue weighted by Gasteiger charge is 2.15. The normalized spacial score (nSPS) is 16.4. The summed E-state index contributed by atoms with van der Waals surface area (Å²) in [5.41, 5.74) is 0.380. The van der Waals surface area contributed by atoms with E-state index in [1.54, 1.807) is 24.3 Å². The van der Waals surface area contributed by atoms with Gasteiger partial charge in [-0.1, -0.05) is 37.1 Å². The minimum Gasteiger partial charge on any atom is -0.354 e. The van der Waals surface area contributed by atoms with Crippen molar-refractivity contribution in [1.82, 2.24) is 15.5 Å². The van der Waals surface area contributed by atoms with E-state index in [0.29, 0.717) is 23.0 Å². The van der Waals surface area contributed by atoms with Crippen LogP contribution in [0.15, 0.2) is 24.3 Å². The van der Waals surface area contributed by atoms with Gasteiger partial charge in [-0.2, -0.15) is 0 Å². The van der Waals surface area contributed by atoms with E-state index >= 15 is 0 Å². The number of nitrogens with zero attached hydrogens (tertiary/aromatic N) is 1. The molecular weight excluding hydrogens is 326 g/mol. The lowest BCUT2D eigenvalue weighted by Gasteiger charge is -2.29. The number of rotatable bonds is 7. The average molecular weight is 352 g/mol. The number of likely N-dealkylation sites (tertiary alicyclic amines) is 1. The highest BCUT2D eigenvalue weighted by Crippen LogP contribution is 2.14. The van der Waals surface area contributed by atoms with Crippen LogP contribution in [-0.2, 0) is 4.79 Å². The van der Waals surface area contributed by atoms with Crippen molar-refractivity contribution in [2.75, 3.05) is 32.7 Å². The summed E-state index contributed by atoms with van der Waals surface area (Å²) in [7, 11) is 0. The van der Waals surface area contributed by atoms with Gasteiger partial charge in [0.2, 0.25) is 5.91 Å². The maximum atomic E-state index is 12.0. The lowest BCUT2D eigenvalue weighted by Crippen LogP contribution is -2.41. The Labute approximate surface area is 148 Å². The molecule has 1 fully saturated rings. The number of hydrogen-bond donors (Lipinski definition) is 2. The van der Waals surface area contributed by atoms with E-state index in [1.807, 2.05) is 0 Å². The molecule has 1 unspecified atom stereocenters. The molecule has 1 aliphatic heterocycles. The van der Waals surface area contributed by atoms with Crippen LogP contribution in [0, 0.1) is 5.92 Å². The predicted octanol–water partition coefficient (Wildman–Crippen LogP) is 2.31. The zero-order chi connectivity index (χ0) is 17.4. The number of nitrogens with one attached hydrogen (secondary N) is 2. The number of amides is 2. The summed E-state index contributed by atoms with van der Waals surface area (Å²) in [5, 5.41) is 5.86. The first-order chi connectivity index (χ1) is 11.6. The second kappa shape index (κ2) is 9.64. The summed E-state index contributed by atoms with van der Waals surface area (Å²) in [4.78, 5) is 26.3. The number of carbonyl (C=O) groups is 2. The Morgan fingerprint density at radius 2 is 1.88 bits per heavy atom. The molecule has 1 saturated heterocycles. The average Bonchev–Trinajstić information content (AvgIpc) is 2.59. The first kappa shape index (κ1) is 18.7. The van der Waals surface area contributed by atoms with Crippen LogP contribution in [-0.4, -0.2) is 49.4 Å². The molecule has 2 N–H and O–H groups in total. The summed E-state index contributed by atoms with van der Waals surface area (Å²) in [5.74, 6) is -0.121. The van der Waals surface area contributed by atoms with E-state index in [9.17, 15) is 9.59 Å². The Bertz CT molecular complexity index is 559. The molecule has 6 heteroatoms. The third-order valence-corrected chi connectivity index (χ3v) is 4.52. The molecule has 2 rings (SSSR count). The molecule has 0 aliphatic carbocycles. The second-order valence-electron chi connectivity index (χ2n) is 6.43. The largest absolute Gasteiger partial charge is 0.354 e. The number of halogens is 1. The number of hydrogen-bond acceptors (Lipinski definition) is 3. The quantitative estimate of drug-likeness (QED) is 0.792. The number of carbonyl (C=O) groups excluding carboxylic acids is 2. The Kier molecular flexibility index (Phi) is 7.53. The van der Waals surface area contributed by atoms with Gasteiger partial charge in [0.05, 0.1) is 17.1 Å². The molecule has 1 heterocycles. The van der Waals surface area contributed by atoms with Gasteiger partial charge in [-0.3, -0.25) is 9.59 Å². The van der Waals surface area contributed by atoms with Crippen molar-refractivity contribution in [3.8, 4) is 0 Å². The monoisotopic (exact) mass is 351 g/mol. The molecule has 1 atom stereocenters. The maximum Gasteiger partial charge on any atom is 0.253 e. The topological polar surface area (TPSA) is 61.4 Å². The lowest BCUT2D eigenvalue weighted by molar-refractivity contribution is -0.120. The smallest absolute Gasteiger partial charge is 0.253 e. The Hall–Kier alpha value is -1.59. The fraction of sp³-hybridized carbons (Fsp3) is 0.556. The van der Waals surface area contributed by atoms with Crippen molar-refractivity contribution in [3.05, 3.63) is 34.9 Å². The molecule has 0 radical (unpaired) electrons. The Balaban J connectivity index is 1.65. The van der Waals surface area contributed by atoms with Crippen LogP contribution < -0.4 is 10.6 Å². The summed E-state index contributed by atoms with van der Waals surface area (Å²) >= 11 is 5.96. The van der Waals surface area contributed by atoms with Crippen LogP contribution in [0.5, 0.6) is 0 Å². The van der Waals surface area contributed by atoms with Crippen molar-refractivity contribution < 1.29 is 9.59 Å². The molecule has 0 bridgehead atoms. The first-order valence-electron chi connectivity index (χ1n) is 8.58. The SMILES string of the molecule is CC(CNC(=O)CNC(=O)c1ccccc1Cl)CN1CCCCC1. The minimum absolute atomic E-state index is 0.0412. The number of piperidine rings is 1. The molecule has 0 aromatic heterocycles. The standard InChI is InChI=1S/C18H26ClN3O2/c1-14(13-22-9-5-2-6-10-22)11-20-17(23)12-21-18(24)15-7-3-4-8-16(15)19/h3-4,7-8,14H,2,5-6,9-13H2,1H3,(H,20,23)(H,21,24). The van der Waals surface area contributed by atoms with E-state index in [-0.39, 0.29) is 18.4 Å². The summed E-state index contributed by atoms with van der Waals surface area (Å²) in [6.45, 7) is 6.04. The molecule has 0 spiro atoms. The van der Waals surface area contributed by atoms with Crippen LogP contribution in [0.1, 0.15) is 36.5 Å². The molecular formula is C18H26ClN3O2. The van der Waals surface area contributed by atoms with Crippen LogP contribution >= 0.6 is 11.6 Å². The van der Waals surface area contributed by atoms with Gasteiger partial charge in [0, 0.05) is 13.1 Å². The molecule has 1 aromatic rings. The van der Waals surface area contributed by atoms with E-state index in [0.717, 1.165) is 19.6 Å². The van der Waals surface area contributed by atoms with Crippen molar-refractivity contribution in [2.45, 2.75) is 26.2 Å². The molecule has 1 aliphatic rings. The zero-order valence-corrected chi connectivity index (χ0v) is 14.9. The molecule has 5 nitrogen and oxygen atoms in total. The first-order valence-corrected chi connectivity index (χ1v) is 8.96. The van der Waals surface area contributed by atoms with Crippen molar-refractivity contribution in [3.63, 3.8) is 0 Å². The fourth-order valence-electron chi connectivity index (χ4n) is 2.90. The van der Waals surface area contributed by atoms with Crippen LogP contribution in [0.3, 0.4) is 0 Å². The summed E-state index contributed by atoms with van der Waals surface area (Å²) in [6.07, 6.45) is 3.87. The minimum atomic E-state index is -0.336. The van der Waals surface area contributed by atoms with Gasteiger partial charge < -0.3 is 15.5 Å². The van der Waals surface area contributed by atoms with Crippen molar-refractivity contribution in [2.24, 2.45) is 5.92 Å². The van der Waals surface area contributed by atoms with Crippen molar-refractivity contribution >= 4 is 23.4 Å². The van der Waals surface area contributed by atoms with Crippen LogP contribution in [0.2, 0.25) is 5.02 Å². The van der Waals surface area contributed by atoms with E-state index in [1.165, 1.54) is 19.3 Å². The van der Waals surface area contributed by atoms with E-state index in [2.05, 4.69) is 22.5 Å². The summed E-state index contributed by atoms with van der Waals surface area (Å²) in [6, 6.07) is 6.79. The molecule has 24 heavy (non-hydrogen) atoms. The molecule has 0 saturated carbocycles. The van der Waals surface area contributed by atoms with Gasteiger partial charge in [0.1, 0.15) is 0 Å². The van der Waals surface area contributed by atoms with Gasteiger partial charge in [-0.05, 0) is 44.0 Å². The lowest BCUT2D eigenvalue weighted by atomic mass is 10.1. The predicted molar refractivity (Wildman–Crippen MR) is 96.2 cm³/mol. The third kappa shape index (κ3) is 6.13. The van der Waals surface area contributed by atoms with Gasteiger partial charge in [0.25, 0.3) is 5.91 Å². The number of benzene rings is 1. The Morgan fingerprint density at radius 3 is 2.58 bits per heavy atom. The highest BCUT2D eigenvalue weighted by molar-refractivity contribution is 6.33. The second-order valence-corrected chi connectivity index (χ2v) is 6.84. The molecule has 1 aromatic carbocycles. The van der Waals surface area contributed by atoms with Crippen LogP contribution in [0.4, 0.5) is 0 Å². The van der Waals surface area contributed by atoms with E-state index in [4.69, 9.17) is 11.6 Å². The fourth-order valence-corrected chi connectivity index (χ4v) is 3.12. The van der Waals surface area contributed by atoms with Gasteiger partial charge in [0.15, 0.2) is 0 Å². The third-order valence-electron chi connectivity index (χ3n) is 4.19. The van der Waals surface area contributed by atoms with Gasteiger partial charge in [-0.15, -0.1) is 0 Å². The maximum absolute atomic E-state index is 12.0. The highest BCUT2D eigenvalue weighted by atomic mass is 35.5. The molecule has 2 amide bonds. The zero-order valence-electron chi connectivity index (χ0n) is 14.2. The Morgan fingerprint density at radius 1 is 1.17 bits per heavy atom.